The first-order valence-electron chi connectivity index (χ1n) is 9.37. The van der Waals surface area contributed by atoms with Gasteiger partial charge in [-0.2, -0.15) is 0 Å². The van der Waals surface area contributed by atoms with Gasteiger partial charge in [0.1, 0.15) is 11.3 Å². The van der Waals surface area contributed by atoms with E-state index in [9.17, 15) is 9.59 Å². The predicted octanol–water partition coefficient (Wildman–Crippen LogP) is 3.00. The van der Waals surface area contributed by atoms with Crippen molar-refractivity contribution in [1.82, 2.24) is 19.9 Å². The van der Waals surface area contributed by atoms with Crippen LogP contribution in [0, 0.1) is 0 Å². The molecule has 0 aliphatic heterocycles. The Morgan fingerprint density at radius 3 is 2.55 bits per heavy atom. The number of aromatic nitrogens is 3. The number of carbonyl (C=O) groups is 1. The van der Waals surface area contributed by atoms with Crippen LogP contribution in [0.4, 0.5) is 0 Å². The highest BCUT2D eigenvalue weighted by Crippen LogP contribution is 2.12. The highest BCUT2D eigenvalue weighted by Gasteiger charge is 2.17. The van der Waals surface area contributed by atoms with Crippen molar-refractivity contribution in [3.8, 4) is 0 Å². The Balaban J connectivity index is 1.50. The Hall–Kier alpha value is -3.74. The summed E-state index contributed by atoms with van der Waals surface area (Å²) in [6, 6.07) is 20.4. The summed E-state index contributed by atoms with van der Waals surface area (Å²) in [5.41, 5.74) is 1.32. The monoisotopic (exact) mass is 388 g/mol. The molecule has 0 saturated heterocycles. The lowest BCUT2D eigenvalue weighted by Gasteiger charge is -2.22. The van der Waals surface area contributed by atoms with E-state index in [1.54, 1.807) is 41.5 Å². The molecule has 1 amide bonds. The molecule has 4 rings (SSSR count). The molecule has 7 heteroatoms. The summed E-state index contributed by atoms with van der Waals surface area (Å²) < 4.78 is 6.65. The van der Waals surface area contributed by atoms with Crippen molar-refractivity contribution in [3.05, 3.63) is 94.7 Å². The van der Waals surface area contributed by atoms with Gasteiger partial charge in [0.2, 0.25) is 5.91 Å². The van der Waals surface area contributed by atoms with E-state index in [4.69, 9.17) is 4.42 Å². The Kier molecular flexibility index (Phi) is 5.47. The van der Waals surface area contributed by atoms with E-state index in [-0.39, 0.29) is 24.4 Å². The van der Waals surface area contributed by atoms with E-state index in [1.165, 1.54) is 4.68 Å². The number of carbonyl (C=O) groups excluding carboxylic acids is 1. The summed E-state index contributed by atoms with van der Waals surface area (Å²) in [6.45, 7) is 0.983. The fourth-order valence-electron chi connectivity index (χ4n) is 3.16. The van der Waals surface area contributed by atoms with Crippen LogP contribution in [0.2, 0.25) is 0 Å². The topological polar surface area (TPSA) is 81.2 Å². The maximum atomic E-state index is 12.9. The zero-order valence-electron chi connectivity index (χ0n) is 15.8. The fourth-order valence-corrected chi connectivity index (χ4v) is 3.16. The number of furan rings is 1. The summed E-state index contributed by atoms with van der Waals surface area (Å²) in [7, 11) is 0. The standard InChI is InChI=1S/C22H20N4O3/c27-21(12-13-26-22(28)19-10-4-5-11-20(19)23-24-26)25(16-18-9-6-14-29-18)15-17-7-2-1-3-8-17/h1-11,14H,12-13,15-16H2. The van der Waals surface area contributed by atoms with Crippen LogP contribution in [0.25, 0.3) is 10.9 Å². The molecule has 0 aliphatic rings. The number of aryl methyl sites for hydroxylation is 1. The average molecular weight is 388 g/mol. The van der Waals surface area contributed by atoms with Gasteiger partial charge in [-0.1, -0.05) is 47.7 Å². The predicted molar refractivity (Wildman–Crippen MR) is 108 cm³/mol. The number of nitrogens with zero attached hydrogens (tertiary/aromatic N) is 4. The second-order valence-electron chi connectivity index (χ2n) is 6.70. The Labute approximate surface area is 167 Å². The lowest BCUT2D eigenvalue weighted by atomic mass is 10.2. The lowest BCUT2D eigenvalue weighted by molar-refractivity contribution is -0.133. The number of hydrogen-bond donors (Lipinski definition) is 0. The van der Waals surface area contributed by atoms with Crippen molar-refractivity contribution >= 4 is 16.8 Å². The van der Waals surface area contributed by atoms with Gasteiger partial charge < -0.3 is 9.32 Å². The van der Waals surface area contributed by atoms with Crippen molar-refractivity contribution in [2.45, 2.75) is 26.1 Å². The molecule has 0 saturated carbocycles. The summed E-state index contributed by atoms with van der Waals surface area (Å²) in [5.74, 6) is 0.615. The van der Waals surface area contributed by atoms with Crippen LogP contribution >= 0.6 is 0 Å². The van der Waals surface area contributed by atoms with Gasteiger partial charge in [0.05, 0.1) is 24.7 Å². The van der Waals surface area contributed by atoms with Crippen molar-refractivity contribution in [2.24, 2.45) is 0 Å². The smallest absolute Gasteiger partial charge is 0.277 e. The second kappa shape index (κ2) is 8.52. The minimum atomic E-state index is -0.246. The van der Waals surface area contributed by atoms with Crippen LogP contribution < -0.4 is 5.56 Å². The summed E-state index contributed by atoms with van der Waals surface area (Å²) in [6.07, 6.45) is 1.73. The fraction of sp³-hybridized carbons (Fsp3) is 0.182. The lowest BCUT2D eigenvalue weighted by Crippen LogP contribution is -2.32. The quantitative estimate of drug-likeness (QED) is 0.486. The molecular weight excluding hydrogens is 368 g/mol. The Bertz CT molecular complexity index is 1150. The molecule has 0 N–H and O–H groups in total. The maximum absolute atomic E-state index is 12.9. The van der Waals surface area contributed by atoms with Crippen molar-refractivity contribution < 1.29 is 9.21 Å². The van der Waals surface area contributed by atoms with Crippen LogP contribution in [0.3, 0.4) is 0 Å². The minimum Gasteiger partial charge on any atom is -0.467 e. The first-order chi connectivity index (χ1) is 14.2. The van der Waals surface area contributed by atoms with E-state index in [0.717, 1.165) is 5.56 Å². The first kappa shape index (κ1) is 18.6. The van der Waals surface area contributed by atoms with E-state index in [0.29, 0.717) is 29.8 Å². The number of fused-ring (bicyclic) bond motifs is 1. The third kappa shape index (κ3) is 4.40. The molecule has 2 aromatic heterocycles. The van der Waals surface area contributed by atoms with Crippen LogP contribution in [-0.2, 0) is 24.4 Å². The van der Waals surface area contributed by atoms with Crippen molar-refractivity contribution in [1.29, 1.82) is 0 Å². The molecule has 146 valence electrons. The third-order valence-corrected chi connectivity index (χ3v) is 4.66. The molecule has 7 nitrogen and oxygen atoms in total. The van der Waals surface area contributed by atoms with Gasteiger partial charge in [-0.25, -0.2) is 4.68 Å². The number of hydrogen-bond acceptors (Lipinski definition) is 5. The minimum absolute atomic E-state index is 0.0906. The molecule has 0 atom stereocenters. The molecule has 2 heterocycles. The van der Waals surface area contributed by atoms with Crippen molar-refractivity contribution in [3.63, 3.8) is 0 Å². The summed E-state index contributed by atoms with van der Waals surface area (Å²) in [5, 5.41) is 8.52. The molecule has 0 unspecified atom stereocenters. The largest absolute Gasteiger partial charge is 0.467 e. The van der Waals surface area contributed by atoms with Gasteiger partial charge in [-0.15, -0.1) is 5.10 Å². The molecular formula is C22H20N4O3. The van der Waals surface area contributed by atoms with Gasteiger partial charge in [0, 0.05) is 13.0 Å². The van der Waals surface area contributed by atoms with E-state index in [2.05, 4.69) is 10.3 Å². The maximum Gasteiger partial charge on any atom is 0.277 e. The molecule has 4 aromatic rings. The highest BCUT2D eigenvalue weighted by atomic mass is 16.3. The first-order valence-corrected chi connectivity index (χ1v) is 9.37. The van der Waals surface area contributed by atoms with Gasteiger partial charge in [-0.05, 0) is 29.8 Å². The third-order valence-electron chi connectivity index (χ3n) is 4.66. The zero-order chi connectivity index (χ0) is 20.1. The van der Waals surface area contributed by atoms with E-state index in [1.807, 2.05) is 36.4 Å². The molecule has 29 heavy (non-hydrogen) atoms. The molecule has 0 aliphatic carbocycles. The number of amides is 1. The highest BCUT2D eigenvalue weighted by molar-refractivity contribution is 5.77. The number of rotatable bonds is 7. The van der Waals surface area contributed by atoms with Crippen LogP contribution in [-0.4, -0.2) is 25.8 Å². The molecule has 0 radical (unpaired) electrons. The van der Waals surface area contributed by atoms with Gasteiger partial charge in [0.25, 0.3) is 5.56 Å². The zero-order valence-corrected chi connectivity index (χ0v) is 15.8. The van der Waals surface area contributed by atoms with Crippen LogP contribution in [0.15, 0.2) is 82.2 Å². The molecule has 2 aromatic carbocycles. The normalized spacial score (nSPS) is 10.9. The van der Waals surface area contributed by atoms with Gasteiger partial charge in [0.15, 0.2) is 0 Å². The SMILES string of the molecule is O=C(CCn1nnc2ccccc2c1=O)N(Cc1ccccc1)Cc1ccco1. The number of benzene rings is 2. The summed E-state index contributed by atoms with van der Waals surface area (Å²) >= 11 is 0. The van der Waals surface area contributed by atoms with Gasteiger partial charge >= 0.3 is 0 Å². The van der Waals surface area contributed by atoms with Gasteiger partial charge in [-0.3, -0.25) is 9.59 Å². The average Bonchev–Trinajstić information content (AvgIpc) is 3.27. The Morgan fingerprint density at radius 1 is 0.966 bits per heavy atom. The second-order valence-corrected chi connectivity index (χ2v) is 6.70. The molecule has 0 bridgehead atoms. The van der Waals surface area contributed by atoms with Crippen molar-refractivity contribution in [2.75, 3.05) is 0 Å². The van der Waals surface area contributed by atoms with Crippen LogP contribution in [0.1, 0.15) is 17.7 Å². The van der Waals surface area contributed by atoms with E-state index < -0.39 is 0 Å². The molecule has 0 spiro atoms. The molecule has 0 fully saturated rings. The summed E-state index contributed by atoms with van der Waals surface area (Å²) in [4.78, 5) is 27.2. The Morgan fingerprint density at radius 2 is 1.76 bits per heavy atom. The van der Waals surface area contributed by atoms with E-state index >= 15 is 0 Å². The van der Waals surface area contributed by atoms with Crippen LogP contribution in [0.5, 0.6) is 0 Å².